The Bertz CT molecular complexity index is 395. The molecule has 4 heteroatoms. The fourth-order valence-electron chi connectivity index (χ4n) is 2.10. The van der Waals surface area contributed by atoms with E-state index >= 15 is 0 Å². The fourth-order valence-corrected chi connectivity index (χ4v) is 2.10. The fraction of sp³-hybridized carbons (Fsp3) is 0.625. The molecule has 0 fully saturated rings. The molecule has 0 saturated carbocycles. The van der Waals surface area contributed by atoms with Gasteiger partial charge in [-0.15, -0.1) is 0 Å². The second-order valence-corrected chi connectivity index (χ2v) is 5.22. The van der Waals surface area contributed by atoms with E-state index in [1.807, 2.05) is 12.1 Å². The molecule has 0 aliphatic heterocycles. The molecule has 0 aromatic heterocycles. The number of hydrogen-bond donors (Lipinski definition) is 2. The molecule has 0 spiro atoms. The van der Waals surface area contributed by atoms with Crippen molar-refractivity contribution in [3.63, 3.8) is 0 Å². The predicted molar refractivity (Wildman–Crippen MR) is 81.4 cm³/mol. The number of aliphatic hydroxyl groups excluding tert-OH is 1. The molecule has 2 unspecified atom stereocenters. The molecule has 114 valence electrons. The van der Waals surface area contributed by atoms with Crippen LogP contribution in [0.2, 0.25) is 0 Å². The minimum atomic E-state index is 0.263. The maximum absolute atomic E-state index is 8.98. The number of methoxy groups -OCH3 is 2. The van der Waals surface area contributed by atoms with Gasteiger partial charge in [0.05, 0.1) is 14.2 Å². The summed E-state index contributed by atoms with van der Waals surface area (Å²) >= 11 is 0. The Kier molecular flexibility index (Phi) is 7.41. The Hall–Kier alpha value is -1.26. The van der Waals surface area contributed by atoms with Gasteiger partial charge in [-0.25, -0.2) is 0 Å². The molecule has 2 N–H and O–H groups in total. The van der Waals surface area contributed by atoms with Crippen molar-refractivity contribution in [2.75, 3.05) is 27.4 Å². The average Bonchev–Trinajstić information content (AvgIpc) is 2.50. The van der Waals surface area contributed by atoms with E-state index < -0.39 is 0 Å². The summed E-state index contributed by atoms with van der Waals surface area (Å²) in [5.74, 6) is 1.89. The Morgan fingerprint density at radius 2 is 1.85 bits per heavy atom. The van der Waals surface area contributed by atoms with E-state index in [0.29, 0.717) is 5.92 Å². The van der Waals surface area contributed by atoms with Crippen LogP contribution in [0.25, 0.3) is 0 Å². The quantitative estimate of drug-likeness (QED) is 0.683. The maximum atomic E-state index is 8.98. The van der Waals surface area contributed by atoms with Crippen molar-refractivity contribution < 1.29 is 14.6 Å². The first-order valence-electron chi connectivity index (χ1n) is 7.18. The van der Waals surface area contributed by atoms with Crippen LogP contribution in [0.1, 0.15) is 38.3 Å². The van der Waals surface area contributed by atoms with Gasteiger partial charge in [-0.2, -0.15) is 0 Å². The highest BCUT2D eigenvalue weighted by atomic mass is 16.5. The van der Waals surface area contributed by atoms with E-state index in [0.717, 1.165) is 30.9 Å². The van der Waals surface area contributed by atoms with Crippen LogP contribution in [0.15, 0.2) is 18.2 Å². The minimum absolute atomic E-state index is 0.263. The molecule has 0 saturated heterocycles. The van der Waals surface area contributed by atoms with Gasteiger partial charge in [0.1, 0.15) is 0 Å². The first-order chi connectivity index (χ1) is 9.62. The van der Waals surface area contributed by atoms with E-state index in [-0.39, 0.29) is 12.6 Å². The highest BCUT2D eigenvalue weighted by Gasteiger charge is 2.09. The van der Waals surface area contributed by atoms with E-state index in [1.165, 1.54) is 5.56 Å². The number of benzene rings is 1. The van der Waals surface area contributed by atoms with Crippen LogP contribution < -0.4 is 14.8 Å². The van der Waals surface area contributed by atoms with Crippen LogP contribution in [-0.4, -0.2) is 32.5 Å². The Labute approximate surface area is 122 Å². The summed E-state index contributed by atoms with van der Waals surface area (Å²) in [5, 5.41) is 12.5. The van der Waals surface area contributed by atoms with Gasteiger partial charge in [0.2, 0.25) is 0 Å². The van der Waals surface area contributed by atoms with Gasteiger partial charge in [0.25, 0.3) is 0 Å². The lowest BCUT2D eigenvalue weighted by Gasteiger charge is -2.17. The summed E-state index contributed by atoms with van der Waals surface area (Å²) in [6.07, 6.45) is 2.11. The molecule has 0 amide bonds. The van der Waals surface area contributed by atoms with E-state index in [2.05, 4.69) is 25.2 Å². The lowest BCUT2D eigenvalue weighted by Crippen LogP contribution is -2.20. The van der Waals surface area contributed by atoms with Crippen molar-refractivity contribution in [2.45, 2.75) is 32.7 Å². The molecule has 1 aromatic rings. The van der Waals surface area contributed by atoms with Gasteiger partial charge in [-0.05, 0) is 49.9 Å². The van der Waals surface area contributed by atoms with E-state index in [1.54, 1.807) is 14.2 Å². The number of ether oxygens (including phenoxy) is 2. The lowest BCUT2D eigenvalue weighted by atomic mass is 10.1. The van der Waals surface area contributed by atoms with Crippen molar-refractivity contribution in [2.24, 2.45) is 5.92 Å². The number of hydrogen-bond acceptors (Lipinski definition) is 4. The van der Waals surface area contributed by atoms with Gasteiger partial charge in [0.15, 0.2) is 11.5 Å². The zero-order chi connectivity index (χ0) is 15.0. The standard InChI is InChI=1S/C16H27NO3/c1-12(11-18)6-5-9-17-13(2)14-7-8-15(19-3)16(10-14)20-4/h7-8,10,12-13,17-18H,5-6,9,11H2,1-4H3. The Balaban J connectivity index is 2.49. The normalized spacial score (nSPS) is 13.8. The number of rotatable bonds is 9. The molecule has 4 nitrogen and oxygen atoms in total. The van der Waals surface area contributed by atoms with Crippen molar-refractivity contribution in [3.8, 4) is 11.5 Å². The largest absolute Gasteiger partial charge is 0.493 e. The van der Waals surface area contributed by atoms with Gasteiger partial charge < -0.3 is 19.9 Å². The topological polar surface area (TPSA) is 50.7 Å². The summed E-state index contributed by atoms with van der Waals surface area (Å²) in [6, 6.07) is 6.25. The van der Waals surface area contributed by atoms with Crippen molar-refractivity contribution in [1.82, 2.24) is 5.32 Å². The smallest absolute Gasteiger partial charge is 0.161 e. The van der Waals surface area contributed by atoms with Gasteiger partial charge >= 0.3 is 0 Å². The van der Waals surface area contributed by atoms with Gasteiger partial charge in [-0.1, -0.05) is 13.0 Å². The van der Waals surface area contributed by atoms with E-state index in [9.17, 15) is 0 Å². The van der Waals surface area contributed by atoms with Crippen molar-refractivity contribution >= 4 is 0 Å². The maximum Gasteiger partial charge on any atom is 0.161 e. The first kappa shape index (κ1) is 16.8. The first-order valence-corrected chi connectivity index (χ1v) is 7.18. The third-order valence-corrected chi connectivity index (χ3v) is 3.54. The third-order valence-electron chi connectivity index (χ3n) is 3.54. The Morgan fingerprint density at radius 3 is 2.45 bits per heavy atom. The summed E-state index contributed by atoms with van der Waals surface area (Å²) < 4.78 is 10.6. The second kappa shape index (κ2) is 8.82. The summed E-state index contributed by atoms with van der Waals surface area (Å²) in [7, 11) is 3.29. The van der Waals surface area contributed by atoms with Crippen LogP contribution in [-0.2, 0) is 0 Å². The predicted octanol–water partition coefficient (Wildman–Crippen LogP) is 2.76. The summed E-state index contributed by atoms with van der Waals surface area (Å²) in [4.78, 5) is 0. The van der Waals surface area contributed by atoms with Crippen LogP contribution in [0, 0.1) is 5.92 Å². The third kappa shape index (κ3) is 5.02. The van der Waals surface area contributed by atoms with Crippen LogP contribution in [0.4, 0.5) is 0 Å². The number of aliphatic hydroxyl groups is 1. The second-order valence-electron chi connectivity index (χ2n) is 5.22. The summed E-state index contributed by atoms with van der Waals surface area (Å²) in [6.45, 7) is 5.42. The molecule has 0 aliphatic rings. The molecule has 1 rings (SSSR count). The lowest BCUT2D eigenvalue weighted by molar-refractivity contribution is 0.227. The molecular weight excluding hydrogens is 254 g/mol. The molecular formula is C16H27NO3. The monoisotopic (exact) mass is 281 g/mol. The average molecular weight is 281 g/mol. The highest BCUT2D eigenvalue weighted by Crippen LogP contribution is 2.29. The SMILES string of the molecule is COc1ccc(C(C)NCCCC(C)CO)cc1OC. The molecule has 0 heterocycles. The van der Waals surface area contributed by atoms with Crippen LogP contribution in [0.3, 0.4) is 0 Å². The van der Waals surface area contributed by atoms with Crippen molar-refractivity contribution in [1.29, 1.82) is 0 Å². The highest BCUT2D eigenvalue weighted by molar-refractivity contribution is 5.43. The zero-order valence-electron chi connectivity index (χ0n) is 13.0. The minimum Gasteiger partial charge on any atom is -0.493 e. The zero-order valence-corrected chi connectivity index (χ0v) is 13.0. The van der Waals surface area contributed by atoms with E-state index in [4.69, 9.17) is 14.6 Å². The Morgan fingerprint density at radius 1 is 1.15 bits per heavy atom. The molecule has 2 atom stereocenters. The number of nitrogens with one attached hydrogen (secondary N) is 1. The molecule has 1 aromatic carbocycles. The molecule has 0 radical (unpaired) electrons. The van der Waals surface area contributed by atoms with Gasteiger partial charge in [-0.3, -0.25) is 0 Å². The molecule has 20 heavy (non-hydrogen) atoms. The van der Waals surface area contributed by atoms with Gasteiger partial charge in [0, 0.05) is 12.6 Å². The van der Waals surface area contributed by atoms with Crippen LogP contribution in [0.5, 0.6) is 11.5 Å². The summed E-state index contributed by atoms with van der Waals surface area (Å²) in [5.41, 5.74) is 1.18. The van der Waals surface area contributed by atoms with Crippen LogP contribution >= 0.6 is 0 Å². The van der Waals surface area contributed by atoms with Crippen molar-refractivity contribution in [3.05, 3.63) is 23.8 Å². The molecule has 0 bridgehead atoms. The molecule has 0 aliphatic carbocycles.